The fraction of sp³-hybridized carbons (Fsp3) is 0.591. The topological polar surface area (TPSA) is 46.6 Å². The zero-order valence-electron chi connectivity index (χ0n) is 16.7. The number of carbonyl (C=O) groups excluding carboxylic acids is 2. The first-order valence-electron chi connectivity index (χ1n) is 9.93. The van der Waals surface area contributed by atoms with Crippen molar-refractivity contribution >= 4 is 29.0 Å². The summed E-state index contributed by atoms with van der Waals surface area (Å²) in [6.45, 7) is 6.70. The van der Waals surface area contributed by atoms with Gasteiger partial charge in [-0.15, -0.1) is 0 Å². The molecule has 2 rings (SSSR count). The average Bonchev–Trinajstić information content (AvgIpc) is 3.17. The smallest absolute Gasteiger partial charge is 0.291 e. The zero-order valence-corrected chi connectivity index (χ0v) is 17.5. The third-order valence-corrected chi connectivity index (χ3v) is 5.82. The molecule has 1 saturated heterocycles. The van der Waals surface area contributed by atoms with E-state index in [0.717, 1.165) is 32.1 Å². The molecule has 0 radical (unpaired) electrons. The van der Waals surface area contributed by atoms with E-state index in [1.54, 1.807) is 4.90 Å². The normalized spacial score (nSPS) is 17.0. The number of thiocarbonyl (C=S) groups is 1. The van der Waals surface area contributed by atoms with Crippen molar-refractivity contribution in [3.05, 3.63) is 35.9 Å². The van der Waals surface area contributed by atoms with Crippen LogP contribution in [0.4, 0.5) is 0 Å². The molecule has 0 bridgehead atoms. The Kier molecular flexibility index (Phi) is 7.96. The summed E-state index contributed by atoms with van der Waals surface area (Å²) >= 11 is 5.43. The lowest BCUT2D eigenvalue weighted by atomic mass is 9.84. The van der Waals surface area contributed by atoms with E-state index in [4.69, 9.17) is 17.0 Å². The summed E-state index contributed by atoms with van der Waals surface area (Å²) in [7, 11) is 0. The van der Waals surface area contributed by atoms with Crippen molar-refractivity contribution in [1.82, 2.24) is 4.90 Å². The maximum absolute atomic E-state index is 12.7. The largest absolute Gasteiger partial charge is 0.485 e. The number of amides is 1. The number of likely N-dealkylation sites (tertiary alicyclic amines) is 1. The Bertz CT molecular complexity index is 657. The number of hydrogen-bond donors (Lipinski definition) is 0. The van der Waals surface area contributed by atoms with E-state index in [1.165, 1.54) is 5.56 Å². The highest BCUT2D eigenvalue weighted by Crippen LogP contribution is 2.26. The number of rotatable bonds is 9. The van der Waals surface area contributed by atoms with Crippen molar-refractivity contribution in [3.8, 4) is 0 Å². The van der Waals surface area contributed by atoms with E-state index in [0.29, 0.717) is 24.6 Å². The molecule has 1 fully saturated rings. The Hall–Kier alpha value is -1.75. The van der Waals surface area contributed by atoms with Crippen LogP contribution in [-0.4, -0.2) is 40.8 Å². The van der Waals surface area contributed by atoms with Gasteiger partial charge in [-0.3, -0.25) is 9.59 Å². The van der Waals surface area contributed by atoms with Gasteiger partial charge < -0.3 is 9.64 Å². The second kappa shape index (κ2) is 9.98. The Labute approximate surface area is 168 Å². The SMILES string of the molecule is CCC(C)(C)C(=O)C(=O)N1CCC[C@H]1C(=S)OCCCCc1ccccc1. The molecule has 148 valence electrons. The Morgan fingerprint density at radius 1 is 1.22 bits per heavy atom. The van der Waals surface area contributed by atoms with E-state index in [9.17, 15) is 9.59 Å². The first kappa shape index (κ1) is 21.5. The Morgan fingerprint density at radius 2 is 1.93 bits per heavy atom. The first-order chi connectivity index (χ1) is 12.9. The zero-order chi connectivity index (χ0) is 19.9. The number of carbonyl (C=O) groups is 2. The molecule has 27 heavy (non-hydrogen) atoms. The monoisotopic (exact) mass is 389 g/mol. The van der Waals surface area contributed by atoms with Gasteiger partial charge in [-0.05, 0) is 56.3 Å². The number of nitrogens with zero attached hydrogens (tertiary/aromatic N) is 1. The maximum atomic E-state index is 12.7. The van der Waals surface area contributed by atoms with Crippen LogP contribution in [0.2, 0.25) is 0 Å². The van der Waals surface area contributed by atoms with Crippen LogP contribution in [0.25, 0.3) is 0 Å². The number of benzene rings is 1. The number of ketones is 1. The van der Waals surface area contributed by atoms with Gasteiger partial charge in [0, 0.05) is 12.0 Å². The minimum absolute atomic E-state index is 0.252. The summed E-state index contributed by atoms with van der Waals surface area (Å²) in [4.78, 5) is 26.8. The number of hydrogen-bond acceptors (Lipinski definition) is 4. The molecule has 1 aromatic carbocycles. The summed E-state index contributed by atoms with van der Waals surface area (Å²) in [6.07, 6.45) is 5.23. The van der Waals surface area contributed by atoms with Gasteiger partial charge in [-0.25, -0.2) is 0 Å². The lowest BCUT2D eigenvalue weighted by Crippen LogP contribution is -2.47. The predicted molar refractivity (Wildman–Crippen MR) is 112 cm³/mol. The molecule has 5 heteroatoms. The molecule has 4 nitrogen and oxygen atoms in total. The molecule has 0 unspecified atom stereocenters. The van der Waals surface area contributed by atoms with Crippen molar-refractivity contribution in [2.24, 2.45) is 5.41 Å². The summed E-state index contributed by atoms with van der Waals surface area (Å²) < 4.78 is 5.76. The molecule has 0 aliphatic carbocycles. The van der Waals surface area contributed by atoms with Gasteiger partial charge in [0.1, 0.15) is 6.04 Å². The van der Waals surface area contributed by atoms with Gasteiger partial charge in [-0.1, -0.05) is 51.1 Å². The van der Waals surface area contributed by atoms with Gasteiger partial charge >= 0.3 is 0 Å². The van der Waals surface area contributed by atoms with E-state index >= 15 is 0 Å². The number of Topliss-reactive ketones (excluding diaryl/α,β-unsaturated/α-hetero) is 1. The van der Waals surface area contributed by atoms with E-state index in [-0.39, 0.29) is 11.8 Å². The predicted octanol–water partition coefficient (Wildman–Crippen LogP) is 4.35. The molecule has 0 spiro atoms. The highest BCUT2D eigenvalue weighted by Gasteiger charge is 2.40. The Morgan fingerprint density at radius 3 is 2.59 bits per heavy atom. The van der Waals surface area contributed by atoms with E-state index in [1.807, 2.05) is 39.0 Å². The molecule has 1 amide bonds. The number of unbranched alkanes of at least 4 members (excludes halogenated alkanes) is 1. The van der Waals surface area contributed by atoms with Crippen molar-refractivity contribution in [3.63, 3.8) is 0 Å². The maximum Gasteiger partial charge on any atom is 0.291 e. The lowest BCUT2D eigenvalue weighted by Gasteiger charge is -2.28. The van der Waals surface area contributed by atoms with Crippen LogP contribution in [0.3, 0.4) is 0 Å². The Balaban J connectivity index is 1.79. The van der Waals surface area contributed by atoms with E-state index in [2.05, 4.69) is 12.1 Å². The lowest BCUT2D eigenvalue weighted by molar-refractivity contribution is -0.149. The molecule has 0 N–H and O–H groups in total. The summed E-state index contributed by atoms with van der Waals surface area (Å²) in [5.41, 5.74) is 0.689. The first-order valence-corrected chi connectivity index (χ1v) is 10.3. The molecule has 1 aromatic rings. The van der Waals surface area contributed by atoms with Crippen LogP contribution in [0.1, 0.15) is 58.4 Å². The van der Waals surface area contributed by atoms with Crippen molar-refractivity contribution in [2.75, 3.05) is 13.2 Å². The summed E-state index contributed by atoms with van der Waals surface area (Å²) in [5, 5.41) is 0.447. The van der Waals surface area contributed by atoms with Crippen LogP contribution >= 0.6 is 12.2 Å². The van der Waals surface area contributed by atoms with Crippen molar-refractivity contribution < 1.29 is 14.3 Å². The average molecular weight is 390 g/mol. The van der Waals surface area contributed by atoms with Crippen LogP contribution < -0.4 is 0 Å². The second-order valence-electron chi connectivity index (χ2n) is 7.83. The molecule has 1 heterocycles. The second-order valence-corrected chi connectivity index (χ2v) is 8.24. The third kappa shape index (κ3) is 5.86. The minimum atomic E-state index is -0.635. The van der Waals surface area contributed by atoms with Crippen molar-refractivity contribution in [2.45, 2.75) is 65.3 Å². The highest BCUT2D eigenvalue weighted by molar-refractivity contribution is 7.80. The number of aryl methyl sites for hydroxylation is 1. The summed E-state index contributed by atoms with van der Waals surface area (Å²) in [6, 6.07) is 10.1. The van der Waals surface area contributed by atoms with Gasteiger partial charge in [-0.2, -0.15) is 0 Å². The minimum Gasteiger partial charge on any atom is -0.485 e. The molecule has 1 aliphatic rings. The molecular weight excluding hydrogens is 358 g/mol. The molecular formula is C22H31NO3S. The van der Waals surface area contributed by atoms with Gasteiger partial charge in [0.2, 0.25) is 5.78 Å². The van der Waals surface area contributed by atoms with Crippen molar-refractivity contribution in [1.29, 1.82) is 0 Å². The van der Waals surface area contributed by atoms with Gasteiger partial charge in [0.05, 0.1) is 6.61 Å². The molecule has 1 atom stereocenters. The molecule has 0 aromatic heterocycles. The standard InChI is InChI=1S/C22H31NO3S/c1-4-22(2,3)19(24)20(25)23-15-10-14-18(23)21(27)26-16-9-8-13-17-11-6-5-7-12-17/h5-7,11-12,18H,4,8-10,13-16H2,1-3H3/t18-/m0/s1. The molecule has 0 saturated carbocycles. The quantitative estimate of drug-likeness (QED) is 0.358. The molecule has 1 aliphatic heterocycles. The summed E-state index contributed by atoms with van der Waals surface area (Å²) in [5.74, 6) is -0.748. The van der Waals surface area contributed by atoms with Gasteiger partial charge in [0.15, 0.2) is 5.05 Å². The van der Waals surface area contributed by atoms with Crippen LogP contribution in [0.15, 0.2) is 30.3 Å². The number of ether oxygens (including phenoxy) is 1. The van der Waals surface area contributed by atoms with E-state index < -0.39 is 11.3 Å². The van der Waals surface area contributed by atoms with Crippen LogP contribution in [0.5, 0.6) is 0 Å². The third-order valence-electron chi connectivity index (χ3n) is 5.43. The van der Waals surface area contributed by atoms with Crippen LogP contribution in [0, 0.1) is 5.41 Å². The fourth-order valence-electron chi connectivity index (χ4n) is 3.18. The van der Waals surface area contributed by atoms with Crippen LogP contribution in [-0.2, 0) is 20.7 Å². The van der Waals surface area contributed by atoms with Gasteiger partial charge in [0.25, 0.3) is 5.91 Å². The fourth-order valence-corrected chi connectivity index (χ4v) is 3.51. The highest BCUT2D eigenvalue weighted by atomic mass is 32.1.